The van der Waals surface area contributed by atoms with Gasteiger partial charge in [0.15, 0.2) is 5.65 Å². The molecule has 2 N–H and O–H groups in total. The zero-order valence-electron chi connectivity index (χ0n) is 16.3. The summed E-state index contributed by atoms with van der Waals surface area (Å²) in [7, 11) is 1.90. The first-order valence-corrected chi connectivity index (χ1v) is 9.49. The lowest BCUT2D eigenvalue weighted by Gasteiger charge is -2.19. The summed E-state index contributed by atoms with van der Waals surface area (Å²) in [5.74, 6) is 0.301. The molecule has 0 radical (unpaired) electrons. The van der Waals surface area contributed by atoms with Crippen molar-refractivity contribution in [3.8, 4) is 0 Å². The lowest BCUT2D eigenvalue weighted by atomic mass is 10.0. The Kier molecular flexibility index (Phi) is 5.46. The fourth-order valence-electron chi connectivity index (χ4n) is 3.69. The molecule has 0 aromatic carbocycles. The van der Waals surface area contributed by atoms with E-state index >= 15 is 0 Å². The number of aromatic amines is 1. The molecule has 2 aromatic rings. The van der Waals surface area contributed by atoms with Gasteiger partial charge >= 0.3 is 5.69 Å². The molecule has 1 unspecified atom stereocenters. The molecule has 8 nitrogen and oxygen atoms in total. The maximum absolute atomic E-state index is 13.3. The van der Waals surface area contributed by atoms with Gasteiger partial charge in [0.05, 0.1) is 10.9 Å². The minimum Gasteiger partial charge on any atom is -0.338 e. The van der Waals surface area contributed by atoms with E-state index in [1.807, 2.05) is 27.8 Å². The van der Waals surface area contributed by atoms with Crippen LogP contribution in [0.3, 0.4) is 0 Å². The smallest absolute Gasteiger partial charge is 0.329 e. The minimum atomic E-state index is -0.558. The van der Waals surface area contributed by atoms with Crippen LogP contribution in [0.2, 0.25) is 0 Å². The van der Waals surface area contributed by atoms with Gasteiger partial charge in [0.2, 0.25) is 0 Å². The van der Waals surface area contributed by atoms with Gasteiger partial charge in [0.1, 0.15) is 0 Å². The Morgan fingerprint density at radius 3 is 2.78 bits per heavy atom. The van der Waals surface area contributed by atoms with E-state index in [9.17, 15) is 14.4 Å². The number of hydrogen-bond acceptors (Lipinski definition) is 5. The van der Waals surface area contributed by atoms with Crippen LogP contribution in [0.15, 0.2) is 15.7 Å². The number of fused-ring (bicyclic) bond motifs is 1. The maximum Gasteiger partial charge on any atom is 0.329 e. The Hall–Kier alpha value is -2.48. The predicted octanol–water partition coefficient (Wildman–Crippen LogP) is 0.910. The average molecular weight is 373 g/mol. The van der Waals surface area contributed by atoms with Crippen LogP contribution >= 0.6 is 0 Å². The Labute approximate surface area is 157 Å². The molecular formula is C19H27N5O3. The highest BCUT2D eigenvalue weighted by atomic mass is 16.2. The maximum atomic E-state index is 13.3. The van der Waals surface area contributed by atoms with Gasteiger partial charge in [-0.25, -0.2) is 9.78 Å². The van der Waals surface area contributed by atoms with Crippen molar-refractivity contribution in [3.05, 3.63) is 38.2 Å². The second-order valence-corrected chi connectivity index (χ2v) is 7.42. The number of aryl methyl sites for hydroxylation is 1. The lowest BCUT2D eigenvalue weighted by Crippen LogP contribution is -2.34. The third-order valence-corrected chi connectivity index (χ3v) is 5.17. The average Bonchev–Trinajstić information content (AvgIpc) is 3.09. The summed E-state index contributed by atoms with van der Waals surface area (Å²) in [5, 5.41) is 3.35. The van der Waals surface area contributed by atoms with Gasteiger partial charge in [0.25, 0.3) is 11.5 Å². The molecule has 1 fully saturated rings. The molecule has 1 atom stereocenters. The first-order valence-electron chi connectivity index (χ1n) is 9.49. The number of hydrogen-bond donors (Lipinski definition) is 2. The summed E-state index contributed by atoms with van der Waals surface area (Å²) >= 11 is 0. The Bertz CT molecular complexity index is 976. The van der Waals surface area contributed by atoms with Crippen LogP contribution in [0.5, 0.6) is 0 Å². The third-order valence-electron chi connectivity index (χ3n) is 5.17. The minimum absolute atomic E-state index is 0.0660. The summed E-state index contributed by atoms with van der Waals surface area (Å²) < 4.78 is 1.41. The van der Waals surface area contributed by atoms with Gasteiger partial charge < -0.3 is 10.2 Å². The second-order valence-electron chi connectivity index (χ2n) is 7.42. The number of carbonyl (C=O) groups is 1. The second kappa shape index (κ2) is 7.64. The quantitative estimate of drug-likeness (QED) is 0.811. The zero-order chi connectivity index (χ0) is 19.7. The summed E-state index contributed by atoms with van der Waals surface area (Å²) in [6, 6.07) is 1.71. The van der Waals surface area contributed by atoms with E-state index in [1.165, 1.54) is 4.57 Å². The number of nitrogens with zero attached hydrogens (tertiary/aromatic N) is 3. The van der Waals surface area contributed by atoms with E-state index in [-0.39, 0.29) is 22.9 Å². The van der Waals surface area contributed by atoms with Crippen LogP contribution in [0.4, 0.5) is 0 Å². The van der Waals surface area contributed by atoms with Gasteiger partial charge in [-0.05, 0) is 44.8 Å². The number of amides is 1. The Morgan fingerprint density at radius 1 is 1.41 bits per heavy atom. The standard InChI is InChI=1S/C19H27N5O3/c1-5-24-16-15(17(25)22-19(24)27)13(8-14(21-16)11(2)3)18(26)23-7-6-12(10-23)9-20-4/h8,11-12,20H,5-7,9-10H2,1-4H3,(H,22,25,27). The van der Waals surface area contributed by atoms with Gasteiger partial charge in [-0.2, -0.15) is 0 Å². The van der Waals surface area contributed by atoms with Crippen molar-refractivity contribution in [1.29, 1.82) is 0 Å². The molecule has 1 aliphatic heterocycles. The number of aromatic nitrogens is 3. The van der Waals surface area contributed by atoms with Crippen LogP contribution in [-0.4, -0.2) is 52.0 Å². The van der Waals surface area contributed by atoms with Crippen LogP contribution in [0.25, 0.3) is 11.0 Å². The number of likely N-dealkylation sites (tertiary alicyclic amines) is 1. The molecule has 3 rings (SSSR count). The SMILES string of the molecule is CCn1c(=O)[nH]c(=O)c2c(C(=O)N3CCC(CNC)C3)cc(C(C)C)nc21. The Balaban J connectivity index is 2.18. The fraction of sp³-hybridized carbons (Fsp3) is 0.579. The summed E-state index contributed by atoms with van der Waals surface area (Å²) in [4.78, 5) is 46.7. The molecule has 146 valence electrons. The van der Waals surface area contributed by atoms with E-state index in [0.29, 0.717) is 36.8 Å². The highest BCUT2D eigenvalue weighted by molar-refractivity contribution is 6.05. The van der Waals surface area contributed by atoms with Crippen molar-refractivity contribution < 1.29 is 4.79 Å². The van der Waals surface area contributed by atoms with Crippen molar-refractivity contribution >= 4 is 16.9 Å². The lowest BCUT2D eigenvalue weighted by molar-refractivity contribution is 0.0789. The van der Waals surface area contributed by atoms with Gasteiger partial charge in [-0.1, -0.05) is 13.8 Å². The zero-order valence-corrected chi connectivity index (χ0v) is 16.3. The molecule has 1 amide bonds. The monoisotopic (exact) mass is 373 g/mol. The number of nitrogens with one attached hydrogen (secondary N) is 2. The first kappa shape index (κ1) is 19.3. The van der Waals surface area contributed by atoms with Crippen molar-refractivity contribution in [2.24, 2.45) is 5.92 Å². The van der Waals surface area contributed by atoms with E-state index in [2.05, 4.69) is 15.3 Å². The van der Waals surface area contributed by atoms with Gasteiger partial charge in [0, 0.05) is 25.3 Å². The summed E-state index contributed by atoms with van der Waals surface area (Å²) in [6.07, 6.45) is 0.933. The molecule has 0 saturated carbocycles. The fourth-order valence-corrected chi connectivity index (χ4v) is 3.69. The molecule has 1 saturated heterocycles. The number of H-pyrrole nitrogens is 1. The van der Waals surface area contributed by atoms with Crippen molar-refractivity contribution in [1.82, 2.24) is 24.8 Å². The first-order chi connectivity index (χ1) is 12.9. The molecule has 27 heavy (non-hydrogen) atoms. The van der Waals surface area contributed by atoms with Gasteiger partial charge in [-0.3, -0.25) is 19.1 Å². The van der Waals surface area contributed by atoms with Crippen LogP contribution < -0.4 is 16.6 Å². The van der Waals surface area contributed by atoms with E-state index in [0.717, 1.165) is 13.0 Å². The summed E-state index contributed by atoms with van der Waals surface area (Å²) in [5.41, 5.74) is 0.252. The van der Waals surface area contributed by atoms with Crippen molar-refractivity contribution in [2.75, 3.05) is 26.7 Å². The number of rotatable bonds is 5. The molecule has 0 aliphatic carbocycles. The molecule has 8 heteroatoms. The highest BCUT2D eigenvalue weighted by Crippen LogP contribution is 2.24. The van der Waals surface area contributed by atoms with Crippen LogP contribution in [0, 0.1) is 5.92 Å². The number of pyridine rings is 1. The molecule has 3 heterocycles. The largest absolute Gasteiger partial charge is 0.338 e. The molecule has 0 bridgehead atoms. The van der Waals surface area contributed by atoms with Crippen LogP contribution in [-0.2, 0) is 6.54 Å². The summed E-state index contributed by atoms with van der Waals surface area (Å²) in [6.45, 7) is 8.30. The predicted molar refractivity (Wildman–Crippen MR) is 104 cm³/mol. The van der Waals surface area contributed by atoms with E-state index in [4.69, 9.17) is 0 Å². The normalized spacial score (nSPS) is 17.2. The molecule has 2 aromatic heterocycles. The van der Waals surface area contributed by atoms with E-state index < -0.39 is 11.2 Å². The van der Waals surface area contributed by atoms with Crippen molar-refractivity contribution in [3.63, 3.8) is 0 Å². The highest BCUT2D eigenvalue weighted by Gasteiger charge is 2.29. The Morgan fingerprint density at radius 2 is 2.15 bits per heavy atom. The number of carbonyl (C=O) groups excluding carboxylic acids is 1. The van der Waals surface area contributed by atoms with Gasteiger partial charge in [-0.15, -0.1) is 0 Å². The third kappa shape index (κ3) is 3.53. The topological polar surface area (TPSA) is 100 Å². The van der Waals surface area contributed by atoms with Crippen molar-refractivity contribution in [2.45, 2.75) is 39.7 Å². The molecule has 0 spiro atoms. The molecular weight excluding hydrogens is 346 g/mol. The van der Waals surface area contributed by atoms with Crippen LogP contribution in [0.1, 0.15) is 49.2 Å². The molecule has 1 aliphatic rings. The van der Waals surface area contributed by atoms with E-state index in [1.54, 1.807) is 11.0 Å².